The van der Waals surface area contributed by atoms with Gasteiger partial charge in [-0.1, -0.05) is 30.3 Å². The second kappa shape index (κ2) is 8.84. The maximum atomic E-state index is 12.6. The minimum atomic E-state index is -0.383. The van der Waals surface area contributed by atoms with Crippen molar-refractivity contribution in [1.29, 1.82) is 0 Å². The lowest BCUT2D eigenvalue weighted by Gasteiger charge is -2.29. The molecule has 0 unspecified atom stereocenters. The molecule has 7 nitrogen and oxygen atoms in total. The Hall–Kier alpha value is -3.65. The summed E-state index contributed by atoms with van der Waals surface area (Å²) in [7, 11) is 0. The first-order chi connectivity index (χ1) is 15.7. The summed E-state index contributed by atoms with van der Waals surface area (Å²) in [6, 6.07) is 20.4. The monoisotopic (exact) mass is 447 g/mol. The van der Waals surface area contributed by atoms with Crippen LogP contribution in [0.5, 0.6) is 11.5 Å². The number of benzene rings is 3. The van der Waals surface area contributed by atoms with Gasteiger partial charge in [0.2, 0.25) is 5.91 Å². The van der Waals surface area contributed by atoms with Crippen LogP contribution in [0.25, 0.3) is 0 Å². The number of nitrogens with one attached hydrogen (secondary N) is 2. The number of nitrogens with zero attached hydrogens (tertiary/aromatic N) is 1. The number of amides is 3. The highest BCUT2D eigenvalue weighted by atomic mass is 32.2. The molecule has 2 heterocycles. The van der Waals surface area contributed by atoms with Crippen molar-refractivity contribution in [1.82, 2.24) is 0 Å². The number of thioether (sulfide) groups is 1. The molecule has 0 aliphatic carbocycles. The van der Waals surface area contributed by atoms with Gasteiger partial charge in [-0.2, -0.15) is 0 Å². The second-order valence-corrected chi connectivity index (χ2v) is 8.39. The molecule has 162 valence electrons. The second-order valence-electron chi connectivity index (χ2n) is 7.37. The Balaban J connectivity index is 1.32. The molecule has 32 heavy (non-hydrogen) atoms. The molecule has 2 aliphatic heterocycles. The molecule has 0 saturated heterocycles. The van der Waals surface area contributed by atoms with Crippen LogP contribution >= 0.6 is 11.8 Å². The first-order valence-electron chi connectivity index (χ1n) is 10.2. The molecule has 0 aromatic heterocycles. The average Bonchev–Trinajstić information content (AvgIpc) is 2.81. The predicted octanol–water partition coefficient (Wildman–Crippen LogP) is 4.74. The van der Waals surface area contributed by atoms with Crippen molar-refractivity contribution in [3.05, 3.63) is 72.3 Å². The first-order valence-corrected chi connectivity index (χ1v) is 11.2. The lowest BCUT2D eigenvalue weighted by molar-refractivity contribution is -0.116. The van der Waals surface area contributed by atoms with Crippen LogP contribution in [-0.2, 0) is 11.3 Å². The van der Waals surface area contributed by atoms with E-state index in [4.69, 9.17) is 9.47 Å². The van der Waals surface area contributed by atoms with E-state index in [2.05, 4.69) is 10.6 Å². The number of anilines is 3. The highest BCUT2D eigenvalue weighted by Crippen LogP contribution is 2.38. The van der Waals surface area contributed by atoms with Crippen molar-refractivity contribution in [2.75, 3.05) is 34.5 Å². The van der Waals surface area contributed by atoms with Crippen LogP contribution in [0.2, 0.25) is 0 Å². The Morgan fingerprint density at radius 2 is 1.62 bits per heavy atom. The molecule has 2 N–H and O–H groups in total. The van der Waals surface area contributed by atoms with Gasteiger partial charge in [0, 0.05) is 22.3 Å². The molecular formula is C24H21N3O4S. The number of hydrogen-bond acceptors (Lipinski definition) is 5. The smallest absolute Gasteiger partial charge is 0.323 e. The Labute approximate surface area is 189 Å². The summed E-state index contributed by atoms with van der Waals surface area (Å²) < 4.78 is 11.1. The average molecular weight is 448 g/mol. The van der Waals surface area contributed by atoms with Gasteiger partial charge in [0.25, 0.3) is 0 Å². The maximum Gasteiger partial charge on any atom is 0.323 e. The topological polar surface area (TPSA) is 79.9 Å². The van der Waals surface area contributed by atoms with Crippen LogP contribution < -0.4 is 25.0 Å². The highest BCUT2D eigenvalue weighted by molar-refractivity contribution is 8.00. The van der Waals surface area contributed by atoms with Crippen molar-refractivity contribution in [3.63, 3.8) is 0 Å². The molecular weight excluding hydrogens is 426 g/mol. The van der Waals surface area contributed by atoms with Crippen LogP contribution in [0.4, 0.5) is 21.9 Å². The predicted molar refractivity (Wildman–Crippen MR) is 125 cm³/mol. The molecule has 3 amide bonds. The number of carbonyl (C=O) groups excluding carboxylic acids is 2. The maximum absolute atomic E-state index is 12.6. The zero-order valence-electron chi connectivity index (χ0n) is 17.2. The van der Waals surface area contributed by atoms with E-state index in [1.807, 2.05) is 48.5 Å². The van der Waals surface area contributed by atoms with Crippen LogP contribution in [0.1, 0.15) is 5.56 Å². The van der Waals surface area contributed by atoms with E-state index in [0.717, 1.165) is 16.1 Å². The van der Waals surface area contributed by atoms with Crippen LogP contribution in [0.3, 0.4) is 0 Å². The van der Waals surface area contributed by atoms with E-state index in [1.165, 1.54) is 11.8 Å². The Bertz CT molecular complexity index is 1170. The van der Waals surface area contributed by atoms with Crippen molar-refractivity contribution in [2.24, 2.45) is 0 Å². The van der Waals surface area contributed by atoms with Crippen molar-refractivity contribution in [3.8, 4) is 11.5 Å². The number of rotatable bonds is 4. The van der Waals surface area contributed by atoms with E-state index in [9.17, 15) is 9.59 Å². The van der Waals surface area contributed by atoms with Crippen molar-refractivity contribution >= 4 is 40.8 Å². The molecule has 0 saturated carbocycles. The molecule has 5 rings (SSSR count). The fourth-order valence-electron chi connectivity index (χ4n) is 3.63. The van der Waals surface area contributed by atoms with Crippen molar-refractivity contribution < 1.29 is 19.1 Å². The van der Waals surface area contributed by atoms with Gasteiger partial charge in [-0.05, 0) is 35.9 Å². The van der Waals surface area contributed by atoms with E-state index < -0.39 is 0 Å². The largest absolute Gasteiger partial charge is 0.486 e. The molecule has 0 spiro atoms. The van der Waals surface area contributed by atoms with E-state index >= 15 is 0 Å². The minimum Gasteiger partial charge on any atom is -0.486 e. The number of hydrogen-bond donors (Lipinski definition) is 2. The van der Waals surface area contributed by atoms with Gasteiger partial charge >= 0.3 is 6.03 Å². The van der Waals surface area contributed by atoms with Crippen LogP contribution in [0, 0.1) is 0 Å². The van der Waals surface area contributed by atoms with E-state index in [1.54, 1.807) is 23.1 Å². The Kier molecular flexibility index (Phi) is 5.60. The summed E-state index contributed by atoms with van der Waals surface area (Å²) in [5.41, 5.74) is 3.05. The first kappa shape index (κ1) is 20.3. The van der Waals surface area contributed by atoms with Gasteiger partial charge in [0.15, 0.2) is 11.5 Å². The number of ether oxygens (including phenoxy) is 2. The lowest BCUT2D eigenvalue weighted by Crippen LogP contribution is -2.34. The summed E-state index contributed by atoms with van der Waals surface area (Å²) in [5.74, 6) is 1.72. The Morgan fingerprint density at radius 1 is 0.906 bits per heavy atom. The molecule has 0 fully saturated rings. The SMILES string of the molecule is O=C(Nc1ccc2c(c1)OCCO2)Nc1ccc2c(c1)N(Cc1ccccc1)C(=O)CS2. The molecule has 0 bridgehead atoms. The van der Waals surface area contributed by atoms with Crippen LogP contribution in [0.15, 0.2) is 71.6 Å². The Morgan fingerprint density at radius 3 is 2.44 bits per heavy atom. The molecule has 2 aliphatic rings. The van der Waals surface area contributed by atoms with Gasteiger partial charge in [0.05, 0.1) is 18.0 Å². The fourth-order valence-corrected chi connectivity index (χ4v) is 4.55. The van der Waals surface area contributed by atoms with Gasteiger partial charge in [-0.3, -0.25) is 4.79 Å². The van der Waals surface area contributed by atoms with Crippen LogP contribution in [-0.4, -0.2) is 30.9 Å². The standard InChI is InChI=1S/C24H21N3O4S/c28-23-15-32-22-9-7-17(12-19(22)27(23)14-16-4-2-1-3-5-16)25-24(29)26-18-6-8-20-21(13-18)31-11-10-30-20/h1-9,12-13H,10-11,14-15H2,(H2,25,26,29). The fraction of sp³-hybridized carbons (Fsp3) is 0.167. The van der Waals surface area contributed by atoms with Gasteiger partial charge in [-0.15, -0.1) is 11.8 Å². The molecule has 8 heteroatoms. The summed E-state index contributed by atoms with van der Waals surface area (Å²) in [5, 5.41) is 5.66. The zero-order valence-corrected chi connectivity index (χ0v) is 18.0. The number of fused-ring (bicyclic) bond motifs is 2. The van der Waals surface area contributed by atoms with E-state index in [-0.39, 0.29) is 11.9 Å². The normalized spacial score (nSPS) is 14.5. The van der Waals surface area contributed by atoms with Crippen molar-refractivity contribution in [2.45, 2.75) is 11.4 Å². The minimum absolute atomic E-state index is 0.0456. The number of urea groups is 1. The summed E-state index contributed by atoms with van der Waals surface area (Å²) in [4.78, 5) is 28.0. The molecule has 0 atom stereocenters. The highest BCUT2D eigenvalue weighted by Gasteiger charge is 2.25. The third-order valence-corrected chi connectivity index (χ3v) is 6.19. The zero-order chi connectivity index (χ0) is 21.9. The van der Waals surface area contributed by atoms with Gasteiger partial charge in [-0.25, -0.2) is 4.79 Å². The summed E-state index contributed by atoms with van der Waals surface area (Å²) in [6.45, 7) is 1.48. The summed E-state index contributed by atoms with van der Waals surface area (Å²) in [6.07, 6.45) is 0. The third-order valence-electron chi connectivity index (χ3n) is 5.14. The third kappa shape index (κ3) is 4.36. The molecule has 3 aromatic carbocycles. The van der Waals surface area contributed by atoms with E-state index in [0.29, 0.717) is 48.4 Å². The lowest BCUT2D eigenvalue weighted by atomic mass is 10.2. The number of carbonyl (C=O) groups is 2. The van der Waals surface area contributed by atoms with Gasteiger partial charge < -0.3 is 25.0 Å². The molecule has 3 aromatic rings. The molecule has 0 radical (unpaired) electrons. The quantitative estimate of drug-likeness (QED) is 0.604. The van der Waals surface area contributed by atoms with Gasteiger partial charge in [0.1, 0.15) is 13.2 Å². The summed E-state index contributed by atoms with van der Waals surface area (Å²) >= 11 is 1.51.